The maximum atomic E-state index is 11.8. The molecule has 2 fully saturated rings. The number of aliphatic carboxylic acids is 1. The first-order valence-corrected chi connectivity index (χ1v) is 6.80. The van der Waals surface area contributed by atoms with Crippen LogP contribution in [0.1, 0.15) is 38.5 Å². The second-order valence-electron chi connectivity index (χ2n) is 5.79. The van der Waals surface area contributed by atoms with E-state index in [1.807, 2.05) is 0 Å². The number of nitrogens with one attached hydrogen (secondary N) is 2. The monoisotopic (exact) mass is 270 g/mol. The largest absolute Gasteiger partial charge is 0.480 e. The van der Waals surface area contributed by atoms with Crippen LogP contribution in [0, 0.1) is 5.41 Å². The zero-order valence-corrected chi connectivity index (χ0v) is 11.3. The Labute approximate surface area is 112 Å². The normalized spacial score (nSPS) is 22.2. The lowest BCUT2D eigenvalue weighted by atomic mass is 9.77. The third-order valence-electron chi connectivity index (χ3n) is 4.39. The Balaban J connectivity index is 1.74. The van der Waals surface area contributed by atoms with Crippen LogP contribution in [0.25, 0.3) is 0 Å². The van der Waals surface area contributed by atoms with Gasteiger partial charge in [-0.25, -0.2) is 9.59 Å². The number of carbonyl (C=O) groups excluding carboxylic acids is 1. The van der Waals surface area contributed by atoms with Crippen LogP contribution in [0.5, 0.6) is 0 Å². The standard InChI is InChI=1S/C13H22N2O4/c1-19-8-7-12(5-6-12)9-14-11(18)15-13(10(16)17)3-2-4-13/h2-9H2,1H3,(H,16,17)(H2,14,15,18). The fraction of sp³-hybridized carbons (Fsp3) is 0.846. The van der Waals surface area contributed by atoms with Gasteiger partial charge in [0.05, 0.1) is 0 Å². The lowest BCUT2D eigenvalue weighted by Crippen LogP contribution is -2.61. The van der Waals surface area contributed by atoms with Gasteiger partial charge >= 0.3 is 12.0 Å². The Bertz CT molecular complexity index is 362. The lowest BCUT2D eigenvalue weighted by Gasteiger charge is -2.38. The first-order chi connectivity index (χ1) is 9.02. The fourth-order valence-electron chi connectivity index (χ4n) is 2.46. The van der Waals surface area contributed by atoms with Crippen LogP contribution >= 0.6 is 0 Å². The number of carboxylic acids is 1. The van der Waals surface area contributed by atoms with Crippen molar-refractivity contribution in [3.63, 3.8) is 0 Å². The van der Waals surface area contributed by atoms with Gasteiger partial charge in [-0.2, -0.15) is 0 Å². The van der Waals surface area contributed by atoms with Gasteiger partial charge in [-0.1, -0.05) is 0 Å². The summed E-state index contributed by atoms with van der Waals surface area (Å²) in [6.45, 7) is 1.29. The number of carboxylic acid groups (broad SMARTS) is 1. The van der Waals surface area contributed by atoms with Gasteiger partial charge in [-0.05, 0) is 43.9 Å². The molecule has 19 heavy (non-hydrogen) atoms. The molecule has 2 rings (SSSR count). The van der Waals surface area contributed by atoms with Crippen LogP contribution < -0.4 is 10.6 Å². The first kappa shape index (κ1) is 14.1. The summed E-state index contributed by atoms with van der Waals surface area (Å²) in [6, 6.07) is -0.370. The van der Waals surface area contributed by atoms with Crippen molar-refractivity contribution in [1.82, 2.24) is 10.6 Å². The molecule has 0 radical (unpaired) electrons. The van der Waals surface area contributed by atoms with E-state index in [2.05, 4.69) is 10.6 Å². The molecule has 0 saturated heterocycles. The highest BCUT2D eigenvalue weighted by molar-refractivity contribution is 5.87. The third kappa shape index (κ3) is 3.18. The van der Waals surface area contributed by atoms with Crippen molar-refractivity contribution in [2.24, 2.45) is 5.41 Å². The van der Waals surface area contributed by atoms with Crippen molar-refractivity contribution < 1.29 is 19.4 Å². The molecule has 0 unspecified atom stereocenters. The van der Waals surface area contributed by atoms with Crippen LogP contribution in [0.4, 0.5) is 4.79 Å². The Hall–Kier alpha value is -1.30. The number of urea groups is 1. The van der Waals surface area contributed by atoms with Crippen molar-refractivity contribution in [3.05, 3.63) is 0 Å². The fourth-order valence-corrected chi connectivity index (χ4v) is 2.46. The molecule has 2 aliphatic rings. The van der Waals surface area contributed by atoms with Crippen molar-refractivity contribution in [2.45, 2.75) is 44.1 Å². The number of amides is 2. The summed E-state index contributed by atoms with van der Waals surface area (Å²) in [7, 11) is 1.67. The van der Waals surface area contributed by atoms with Crippen molar-refractivity contribution in [1.29, 1.82) is 0 Å². The summed E-state index contributed by atoms with van der Waals surface area (Å²) in [4.78, 5) is 22.9. The molecule has 2 aliphatic carbocycles. The zero-order valence-electron chi connectivity index (χ0n) is 11.3. The molecule has 0 aromatic rings. The summed E-state index contributed by atoms with van der Waals surface area (Å²) < 4.78 is 5.06. The molecular weight excluding hydrogens is 248 g/mol. The molecule has 0 aliphatic heterocycles. The average Bonchev–Trinajstić information content (AvgIpc) is 3.09. The third-order valence-corrected chi connectivity index (χ3v) is 4.39. The Kier molecular flexibility index (Phi) is 3.99. The molecule has 0 aromatic carbocycles. The van der Waals surface area contributed by atoms with E-state index in [4.69, 9.17) is 9.84 Å². The molecule has 0 atom stereocenters. The van der Waals surface area contributed by atoms with Gasteiger partial charge in [0.25, 0.3) is 0 Å². The Morgan fingerprint density at radius 2 is 1.95 bits per heavy atom. The molecule has 6 heteroatoms. The van der Waals surface area contributed by atoms with Crippen LogP contribution in [0.15, 0.2) is 0 Å². The second-order valence-corrected chi connectivity index (χ2v) is 5.79. The zero-order chi connectivity index (χ0) is 13.9. The summed E-state index contributed by atoms with van der Waals surface area (Å²) in [6.07, 6.45) is 5.02. The summed E-state index contributed by atoms with van der Waals surface area (Å²) >= 11 is 0. The topological polar surface area (TPSA) is 87.7 Å². The van der Waals surface area contributed by atoms with Gasteiger partial charge in [-0.15, -0.1) is 0 Å². The van der Waals surface area contributed by atoms with Crippen molar-refractivity contribution in [2.75, 3.05) is 20.3 Å². The number of methoxy groups -OCH3 is 1. The minimum atomic E-state index is -1.03. The molecule has 6 nitrogen and oxygen atoms in total. The summed E-state index contributed by atoms with van der Waals surface area (Å²) in [5, 5.41) is 14.5. The Morgan fingerprint density at radius 3 is 2.37 bits per heavy atom. The summed E-state index contributed by atoms with van der Waals surface area (Å²) in [5.74, 6) is -0.936. The smallest absolute Gasteiger partial charge is 0.329 e. The molecule has 0 heterocycles. The molecular formula is C13H22N2O4. The molecule has 3 N–H and O–H groups in total. The highest BCUT2D eigenvalue weighted by Crippen LogP contribution is 2.48. The predicted molar refractivity (Wildman–Crippen MR) is 68.9 cm³/mol. The maximum absolute atomic E-state index is 11.8. The van der Waals surface area contributed by atoms with Gasteiger partial charge in [0.15, 0.2) is 0 Å². The van der Waals surface area contributed by atoms with Gasteiger partial charge in [0, 0.05) is 20.3 Å². The number of hydrogen-bond donors (Lipinski definition) is 3. The van der Waals surface area contributed by atoms with E-state index in [1.54, 1.807) is 7.11 Å². The van der Waals surface area contributed by atoms with E-state index in [0.29, 0.717) is 26.0 Å². The quantitative estimate of drug-likeness (QED) is 0.646. The molecule has 2 saturated carbocycles. The number of hydrogen-bond acceptors (Lipinski definition) is 3. The van der Waals surface area contributed by atoms with E-state index in [9.17, 15) is 9.59 Å². The minimum absolute atomic E-state index is 0.170. The van der Waals surface area contributed by atoms with Gasteiger partial charge in [0.1, 0.15) is 5.54 Å². The number of rotatable bonds is 7. The average molecular weight is 270 g/mol. The highest BCUT2D eigenvalue weighted by Gasteiger charge is 2.46. The predicted octanol–water partition coefficient (Wildman–Crippen LogP) is 1.11. The number of ether oxygens (including phenoxy) is 1. The van der Waals surface area contributed by atoms with Crippen molar-refractivity contribution in [3.8, 4) is 0 Å². The summed E-state index contributed by atoms with van der Waals surface area (Å²) in [5.41, 5.74) is -0.864. The molecule has 0 aromatic heterocycles. The molecule has 0 spiro atoms. The van der Waals surface area contributed by atoms with Gasteiger partial charge < -0.3 is 20.5 Å². The van der Waals surface area contributed by atoms with Crippen LogP contribution in [-0.2, 0) is 9.53 Å². The van der Waals surface area contributed by atoms with E-state index >= 15 is 0 Å². The van der Waals surface area contributed by atoms with Gasteiger partial charge in [0.2, 0.25) is 0 Å². The van der Waals surface area contributed by atoms with Crippen LogP contribution in [-0.4, -0.2) is 42.9 Å². The van der Waals surface area contributed by atoms with E-state index in [0.717, 1.165) is 25.7 Å². The highest BCUT2D eigenvalue weighted by atomic mass is 16.5. The van der Waals surface area contributed by atoms with Gasteiger partial charge in [-0.3, -0.25) is 0 Å². The van der Waals surface area contributed by atoms with E-state index in [1.165, 1.54) is 0 Å². The second kappa shape index (κ2) is 5.36. The van der Waals surface area contributed by atoms with Crippen LogP contribution in [0.2, 0.25) is 0 Å². The lowest BCUT2D eigenvalue weighted by molar-refractivity contribution is -0.148. The minimum Gasteiger partial charge on any atom is -0.480 e. The molecule has 108 valence electrons. The molecule has 0 bridgehead atoms. The van der Waals surface area contributed by atoms with E-state index in [-0.39, 0.29) is 11.4 Å². The SMILES string of the molecule is COCCC1(CNC(=O)NC2(C(=O)O)CCC2)CC1. The number of carbonyl (C=O) groups is 2. The van der Waals surface area contributed by atoms with E-state index < -0.39 is 11.5 Å². The Morgan fingerprint density at radius 1 is 1.26 bits per heavy atom. The van der Waals surface area contributed by atoms with Crippen molar-refractivity contribution >= 4 is 12.0 Å². The van der Waals surface area contributed by atoms with Crippen LogP contribution in [0.3, 0.4) is 0 Å². The first-order valence-electron chi connectivity index (χ1n) is 6.80. The molecule has 2 amide bonds. The maximum Gasteiger partial charge on any atom is 0.329 e.